The summed E-state index contributed by atoms with van der Waals surface area (Å²) >= 11 is 0. The van der Waals surface area contributed by atoms with Crippen molar-refractivity contribution in [1.82, 2.24) is 9.47 Å². The molecular formula is C9H13ClN2O3. The van der Waals surface area contributed by atoms with E-state index in [9.17, 15) is 9.59 Å². The van der Waals surface area contributed by atoms with Crippen LogP contribution in [0.25, 0.3) is 0 Å². The van der Waals surface area contributed by atoms with E-state index in [0.717, 1.165) is 4.90 Å². The second-order valence-corrected chi connectivity index (χ2v) is 2.81. The van der Waals surface area contributed by atoms with Crippen LogP contribution in [0.3, 0.4) is 0 Å². The lowest BCUT2D eigenvalue weighted by Crippen LogP contribution is -2.38. The van der Waals surface area contributed by atoms with E-state index in [-0.39, 0.29) is 19.0 Å². The molecule has 0 aliphatic carbocycles. The maximum absolute atomic E-state index is 11.5. The predicted molar refractivity (Wildman–Crippen MR) is 57.5 cm³/mol. The first-order valence-electron chi connectivity index (χ1n) is 4.34. The van der Waals surface area contributed by atoms with E-state index in [1.807, 2.05) is 6.92 Å². The van der Waals surface area contributed by atoms with Gasteiger partial charge in [0.25, 0.3) is 0 Å². The predicted octanol–water partition coefficient (Wildman–Crippen LogP) is 2.27. The molecule has 0 bridgehead atoms. The molecule has 2 amide bonds. The van der Waals surface area contributed by atoms with Gasteiger partial charge in [-0.3, -0.25) is 4.57 Å². The lowest BCUT2D eigenvalue weighted by atomic mass is 10.4. The first-order valence-corrected chi connectivity index (χ1v) is 4.34. The van der Waals surface area contributed by atoms with Gasteiger partial charge in [-0.05, 0) is 18.6 Å². The van der Waals surface area contributed by atoms with Gasteiger partial charge in [0.1, 0.15) is 0 Å². The van der Waals surface area contributed by atoms with Crippen LogP contribution in [0, 0.1) is 0 Å². The maximum atomic E-state index is 11.5. The SMILES string of the molecule is CCCN(C(=O)O)C(=O)n1cccc1.Cl. The third-order valence-corrected chi connectivity index (χ3v) is 1.73. The molecule has 1 aromatic heterocycles. The van der Waals surface area contributed by atoms with Crippen LogP contribution in [0.15, 0.2) is 24.5 Å². The largest absolute Gasteiger partial charge is 0.465 e. The van der Waals surface area contributed by atoms with E-state index in [2.05, 4.69) is 0 Å². The molecule has 0 unspecified atom stereocenters. The average molecular weight is 233 g/mol. The fraction of sp³-hybridized carbons (Fsp3) is 0.333. The van der Waals surface area contributed by atoms with E-state index in [4.69, 9.17) is 5.11 Å². The second kappa shape index (κ2) is 6.08. The molecule has 1 rings (SSSR count). The van der Waals surface area contributed by atoms with Crippen LogP contribution in [-0.4, -0.2) is 33.2 Å². The van der Waals surface area contributed by atoms with Crippen molar-refractivity contribution in [2.75, 3.05) is 6.54 Å². The molecule has 0 spiro atoms. The fourth-order valence-corrected chi connectivity index (χ4v) is 1.10. The minimum Gasteiger partial charge on any atom is -0.465 e. The molecule has 0 saturated carbocycles. The molecule has 0 aliphatic rings. The number of carbonyl (C=O) groups excluding carboxylic acids is 1. The number of carboxylic acid groups (broad SMARTS) is 1. The number of imide groups is 1. The lowest BCUT2D eigenvalue weighted by Gasteiger charge is -2.16. The van der Waals surface area contributed by atoms with Crippen molar-refractivity contribution in [2.45, 2.75) is 13.3 Å². The molecule has 0 radical (unpaired) electrons. The number of aromatic nitrogens is 1. The van der Waals surface area contributed by atoms with Crippen LogP contribution in [0.2, 0.25) is 0 Å². The first-order chi connectivity index (χ1) is 6.66. The zero-order chi connectivity index (χ0) is 10.6. The Morgan fingerprint density at radius 1 is 1.33 bits per heavy atom. The lowest BCUT2D eigenvalue weighted by molar-refractivity contribution is 0.148. The number of rotatable bonds is 2. The van der Waals surface area contributed by atoms with Crippen molar-refractivity contribution in [3.05, 3.63) is 24.5 Å². The molecule has 1 heterocycles. The minimum atomic E-state index is -1.22. The van der Waals surface area contributed by atoms with Gasteiger partial charge in [0.2, 0.25) is 0 Å². The fourth-order valence-electron chi connectivity index (χ4n) is 1.10. The summed E-state index contributed by atoms with van der Waals surface area (Å²) < 4.78 is 1.24. The summed E-state index contributed by atoms with van der Waals surface area (Å²) in [7, 11) is 0. The van der Waals surface area contributed by atoms with Gasteiger partial charge in [-0.25, -0.2) is 14.5 Å². The summed E-state index contributed by atoms with van der Waals surface area (Å²) in [6.07, 6.45) is 2.44. The second-order valence-electron chi connectivity index (χ2n) is 2.81. The Morgan fingerprint density at radius 3 is 2.27 bits per heavy atom. The summed E-state index contributed by atoms with van der Waals surface area (Å²) in [5.74, 6) is 0. The zero-order valence-electron chi connectivity index (χ0n) is 8.29. The van der Waals surface area contributed by atoms with Crippen LogP contribution in [0.1, 0.15) is 13.3 Å². The summed E-state index contributed by atoms with van der Waals surface area (Å²) in [5.41, 5.74) is 0. The molecule has 0 atom stereocenters. The van der Waals surface area contributed by atoms with Gasteiger partial charge in [-0.1, -0.05) is 6.92 Å². The number of carbonyl (C=O) groups is 2. The molecule has 1 N–H and O–H groups in total. The highest BCUT2D eigenvalue weighted by Gasteiger charge is 2.20. The van der Waals surface area contributed by atoms with Crippen molar-refractivity contribution in [1.29, 1.82) is 0 Å². The minimum absolute atomic E-state index is 0. The molecule has 5 nitrogen and oxygen atoms in total. The Balaban J connectivity index is 0.00000196. The molecule has 0 fully saturated rings. The van der Waals surface area contributed by atoms with E-state index >= 15 is 0 Å². The average Bonchev–Trinajstić information content (AvgIpc) is 2.65. The Labute approximate surface area is 93.7 Å². The number of hydrogen-bond donors (Lipinski definition) is 1. The Hall–Kier alpha value is -1.49. The maximum Gasteiger partial charge on any atom is 0.415 e. The smallest absolute Gasteiger partial charge is 0.415 e. The highest BCUT2D eigenvalue weighted by Crippen LogP contribution is 1.99. The third kappa shape index (κ3) is 3.28. The summed E-state index contributed by atoms with van der Waals surface area (Å²) in [6, 6.07) is 2.80. The van der Waals surface area contributed by atoms with E-state index in [1.54, 1.807) is 12.1 Å². The summed E-state index contributed by atoms with van der Waals surface area (Å²) in [6.45, 7) is 2.03. The van der Waals surface area contributed by atoms with Crippen LogP contribution in [0.5, 0.6) is 0 Å². The monoisotopic (exact) mass is 232 g/mol. The highest BCUT2D eigenvalue weighted by atomic mass is 35.5. The number of nitrogens with zero attached hydrogens (tertiary/aromatic N) is 2. The van der Waals surface area contributed by atoms with Gasteiger partial charge in [0.05, 0.1) is 0 Å². The first kappa shape index (κ1) is 13.5. The molecular weight excluding hydrogens is 220 g/mol. The van der Waals surface area contributed by atoms with Crippen LogP contribution in [-0.2, 0) is 0 Å². The van der Waals surface area contributed by atoms with Gasteiger partial charge in [-0.2, -0.15) is 0 Å². The Kier molecular flexibility index (Phi) is 5.48. The highest BCUT2D eigenvalue weighted by molar-refractivity contribution is 5.91. The van der Waals surface area contributed by atoms with Crippen molar-refractivity contribution >= 4 is 24.5 Å². The Morgan fingerprint density at radius 2 is 1.87 bits per heavy atom. The van der Waals surface area contributed by atoms with Crippen LogP contribution >= 0.6 is 12.4 Å². The van der Waals surface area contributed by atoms with Crippen molar-refractivity contribution in [3.63, 3.8) is 0 Å². The van der Waals surface area contributed by atoms with Crippen molar-refractivity contribution in [3.8, 4) is 0 Å². The van der Waals surface area contributed by atoms with E-state index < -0.39 is 12.1 Å². The van der Waals surface area contributed by atoms with Gasteiger partial charge in [0.15, 0.2) is 0 Å². The standard InChI is InChI=1S/C9H12N2O3.ClH/c1-2-5-11(9(13)14)8(12)10-6-3-4-7-10;/h3-4,6-7H,2,5H2,1H3,(H,13,14);1H. The number of amides is 2. The van der Waals surface area contributed by atoms with Crippen LogP contribution in [0.4, 0.5) is 9.59 Å². The molecule has 84 valence electrons. The number of hydrogen-bond acceptors (Lipinski definition) is 2. The van der Waals surface area contributed by atoms with E-state index in [0.29, 0.717) is 6.42 Å². The third-order valence-electron chi connectivity index (χ3n) is 1.73. The molecule has 0 saturated heterocycles. The molecule has 0 aromatic carbocycles. The topological polar surface area (TPSA) is 62.5 Å². The van der Waals surface area contributed by atoms with Gasteiger partial charge < -0.3 is 5.11 Å². The van der Waals surface area contributed by atoms with E-state index in [1.165, 1.54) is 17.0 Å². The van der Waals surface area contributed by atoms with Gasteiger partial charge in [0, 0.05) is 18.9 Å². The van der Waals surface area contributed by atoms with Gasteiger partial charge in [-0.15, -0.1) is 12.4 Å². The quantitative estimate of drug-likeness (QED) is 0.851. The Bertz CT molecular complexity index is 324. The normalized spacial score (nSPS) is 9.13. The van der Waals surface area contributed by atoms with Crippen molar-refractivity contribution in [2.24, 2.45) is 0 Å². The molecule has 6 heteroatoms. The molecule has 0 aliphatic heterocycles. The van der Waals surface area contributed by atoms with Gasteiger partial charge >= 0.3 is 12.1 Å². The number of halogens is 1. The molecule has 15 heavy (non-hydrogen) atoms. The zero-order valence-corrected chi connectivity index (χ0v) is 9.11. The van der Waals surface area contributed by atoms with Crippen molar-refractivity contribution < 1.29 is 14.7 Å². The summed E-state index contributed by atoms with van der Waals surface area (Å²) in [5, 5.41) is 8.77. The summed E-state index contributed by atoms with van der Waals surface area (Å²) in [4.78, 5) is 23.1. The molecule has 1 aromatic rings. The van der Waals surface area contributed by atoms with Crippen LogP contribution < -0.4 is 0 Å².